The average molecular weight is 691 g/mol. The van der Waals surface area contributed by atoms with Crippen LogP contribution in [0.4, 0.5) is 5.82 Å². The summed E-state index contributed by atoms with van der Waals surface area (Å²) in [7, 11) is 2.41. The molecule has 0 saturated carbocycles. The Morgan fingerprint density at radius 1 is 1.02 bits per heavy atom. The second-order valence-corrected chi connectivity index (χ2v) is 14.1. The zero-order chi connectivity index (χ0) is 34.9. The molecule has 1 aromatic carbocycles. The summed E-state index contributed by atoms with van der Waals surface area (Å²) < 4.78 is 36.0. The van der Waals surface area contributed by atoms with Gasteiger partial charge in [0.1, 0.15) is 36.3 Å². The van der Waals surface area contributed by atoms with E-state index in [1.54, 1.807) is 70.2 Å². The molecule has 17 heteroatoms. The number of anilines is 1. The predicted molar refractivity (Wildman–Crippen MR) is 173 cm³/mol. The lowest BCUT2D eigenvalue weighted by molar-refractivity contribution is -0.197. The lowest BCUT2D eigenvalue weighted by Gasteiger charge is -2.38. The number of rotatable bonds is 16. The summed E-state index contributed by atoms with van der Waals surface area (Å²) in [6.07, 6.45) is -1.95. The highest BCUT2D eigenvalue weighted by Gasteiger charge is 2.52. The third-order valence-corrected chi connectivity index (χ3v) is 9.32. The highest BCUT2D eigenvalue weighted by atomic mass is 32.5. The molecular formula is C30H39N6O9PS. The van der Waals surface area contributed by atoms with Gasteiger partial charge in [-0.1, -0.05) is 45.9 Å². The lowest BCUT2D eigenvalue weighted by Crippen LogP contribution is -2.54. The normalized spacial score (nSPS) is 15.9. The fourth-order valence-corrected chi connectivity index (χ4v) is 6.56. The first kappa shape index (κ1) is 37.3. The van der Waals surface area contributed by atoms with Gasteiger partial charge in [-0.15, -0.1) is 0 Å². The number of benzene rings is 1. The zero-order valence-electron chi connectivity index (χ0n) is 27.1. The number of para-hydroxylation sites is 1. The van der Waals surface area contributed by atoms with Crippen LogP contribution in [0.15, 0.2) is 48.8 Å². The molecule has 0 saturated heterocycles. The Bertz CT molecular complexity index is 1650. The van der Waals surface area contributed by atoms with Crippen LogP contribution in [0.2, 0.25) is 0 Å². The summed E-state index contributed by atoms with van der Waals surface area (Å²) in [5.74, 6) is -2.90. The molecule has 254 valence electrons. The van der Waals surface area contributed by atoms with Crippen molar-refractivity contribution in [2.24, 2.45) is 11.8 Å². The largest absolute Gasteiger partial charge is 0.468 e. The number of hydrogen-bond acceptors (Lipinski definition) is 14. The molecule has 0 aliphatic carbocycles. The van der Waals surface area contributed by atoms with Crippen LogP contribution in [0.3, 0.4) is 0 Å². The molecule has 0 aliphatic rings. The van der Waals surface area contributed by atoms with E-state index in [0.29, 0.717) is 11.3 Å². The van der Waals surface area contributed by atoms with Crippen molar-refractivity contribution in [3.05, 3.63) is 54.5 Å². The van der Waals surface area contributed by atoms with Crippen LogP contribution >= 0.6 is 6.64 Å². The Balaban J connectivity index is 2.18. The van der Waals surface area contributed by atoms with Gasteiger partial charge in [0.2, 0.25) is 5.60 Å². The first-order valence-electron chi connectivity index (χ1n) is 14.5. The van der Waals surface area contributed by atoms with E-state index in [4.69, 9.17) is 45.5 Å². The molecule has 0 amide bonds. The van der Waals surface area contributed by atoms with E-state index in [9.17, 15) is 19.6 Å². The number of ether oxygens (including phenoxy) is 4. The molecule has 1 unspecified atom stereocenters. The second kappa shape index (κ2) is 16.1. The van der Waals surface area contributed by atoms with Crippen LogP contribution in [0, 0.1) is 23.2 Å². The number of carbonyl (C=O) groups is 3. The first-order valence-corrected chi connectivity index (χ1v) is 17.1. The highest BCUT2D eigenvalue weighted by molar-refractivity contribution is 8.09. The molecule has 2 heterocycles. The van der Waals surface area contributed by atoms with Crippen LogP contribution < -0.4 is 15.3 Å². The van der Waals surface area contributed by atoms with Gasteiger partial charge in [0.15, 0.2) is 18.0 Å². The SMILES string of the molecule is COC(=O)[C@H](C)NP(=S)(OC[C@@](C#N)(OC)[C@@H](OC(=O)C(C)C)[C@@H](OC(=O)C(C)C)c1ccc2c(N)ncnn12)Oc1ccccc1. The smallest absolute Gasteiger partial charge is 0.323 e. The number of carbonyl (C=O) groups excluding carboxylic acids is 3. The summed E-state index contributed by atoms with van der Waals surface area (Å²) in [5.41, 5.74) is 4.43. The third-order valence-electron chi connectivity index (χ3n) is 6.84. The molecule has 0 fully saturated rings. The maximum atomic E-state index is 13.2. The maximum absolute atomic E-state index is 13.2. The fraction of sp³-hybridized carbons (Fsp3) is 0.467. The quantitative estimate of drug-likeness (QED) is 0.126. The third kappa shape index (κ3) is 9.03. The number of esters is 3. The van der Waals surface area contributed by atoms with E-state index < -0.39 is 66.8 Å². The van der Waals surface area contributed by atoms with Crippen molar-refractivity contribution in [3.63, 3.8) is 0 Å². The number of fused-ring (bicyclic) bond motifs is 1. The van der Waals surface area contributed by atoms with E-state index in [0.717, 1.165) is 0 Å². The van der Waals surface area contributed by atoms with Gasteiger partial charge in [0.05, 0.1) is 24.6 Å². The molecule has 15 nitrogen and oxygen atoms in total. The van der Waals surface area contributed by atoms with Crippen LogP contribution in [0.1, 0.15) is 46.4 Å². The summed E-state index contributed by atoms with van der Waals surface area (Å²) in [5, 5.41) is 17.9. The number of nitrogens with zero attached hydrogens (tertiary/aromatic N) is 4. The van der Waals surface area contributed by atoms with Crippen LogP contribution in [0.5, 0.6) is 5.75 Å². The Hall–Kier alpha value is -4.13. The van der Waals surface area contributed by atoms with E-state index >= 15 is 0 Å². The van der Waals surface area contributed by atoms with Crippen LogP contribution in [-0.4, -0.2) is 71.1 Å². The standard InChI is InChI=1S/C30H39N6O9PS/c1-18(2)27(37)43-24(22-13-14-23-26(32)33-17-34-36(22)23)25(44-28(38)19(3)4)30(15-31,41-7)16-42-46(47,35-20(5)29(39)40-6)45-21-11-9-8-10-12-21/h8-14,17-20,24-25H,16H2,1-7H3,(H,35,47)(H2,32,33,34)/t20-,24-,25-,30+,46?/m0/s1. The Morgan fingerprint density at radius 3 is 2.23 bits per heavy atom. The Morgan fingerprint density at radius 2 is 1.66 bits per heavy atom. The minimum Gasteiger partial charge on any atom is -0.468 e. The number of methoxy groups -OCH3 is 2. The minimum atomic E-state index is -3.70. The van der Waals surface area contributed by atoms with Gasteiger partial charge >= 0.3 is 24.6 Å². The van der Waals surface area contributed by atoms with Crippen molar-refractivity contribution in [1.82, 2.24) is 19.7 Å². The van der Waals surface area contributed by atoms with Gasteiger partial charge in [-0.3, -0.25) is 14.4 Å². The highest BCUT2D eigenvalue weighted by Crippen LogP contribution is 2.47. The van der Waals surface area contributed by atoms with Crippen LogP contribution in [-0.2, 0) is 49.7 Å². The molecule has 47 heavy (non-hydrogen) atoms. The molecule has 2 aromatic heterocycles. The van der Waals surface area contributed by atoms with Gasteiger partial charge in [0, 0.05) is 7.11 Å². The van der Waals surface area contributed by atoms with Gasteiger partial charge in [0.25, 0.3) is 0 Å². The maximum Gasteiger partial charge on any atom is 0.323 e. The molecule has 5 atom stereocenters. The summed E-state index contributed by atoms with van der Waals surface area (Å²) in [6.45, 7) is 3.54. The van der Waals surface area contributed by atoms with Gasteiger partial charge < -0.3 is 33.7 Å². The van der Waals surface area contributed by atoms with E-state index in [2.05, 4.69) is 21.2 Å². The first-order chi connectivity index (χ1) is 22.2. The van der Waals surface area contributed by atoms with Gasteiger partial charge in [-0.05, 0) is 43.0 Å². The van der Waals surface area contributed by atoms with E-state index in [-0.39, 0.29) is 11.5 Å². The van der Waals surface area contributed by atoms with E-state index in [1.807, 2.05) is 0 Å². The van der Waals surface area contributed by atoms with Crippen LogP contribution in [0.25, 0.3) is 5.52 Å². The Kier molecular flexibility index (Phi) is 12.8. The minimum absolute atomic E-state index is 0.127. The van der Waals surface area contributed by atoms with Crippen molar-refractivity contribution in [3.8, 4) is 11.8 Å². The zero-order valence-corrected chi connectivity index (χ0v) is 28.8. The molecule has 3 N–H and O–H groups in total. The molecule has 3 aromatic rings. The number of nitriles is 1. The number of nitrogen functional groups attached to an aromatic ring is 1. The van der Waals surface area contributed by atoms with Crippen molar-refractivity contribution in [1.29, 1.82) is 5.26 Å². The number of hydrogen-bond donors (Lipinski definition) is 2. The molecule has 3 rings (SSSR count). The molecule has 0 bridgehead atoms. The lowest BCUT2D eigenvalue weighted by atomic mass is 9.92. The van der Waals surface area contributed by atoms with E-state index in [1.165, 1.54) is 32.0 Å². The van der Waals surface area contributed by atoms with Crippen molar-refractivity contribution < 1.29 is 42.4 Å². The molecule has 0 spiro atoms. The van der Waals surface area contributed by atoms with Crippen molar-refractivity contribution in [2.45, 2.75) is 58.5 Å². The average Bonchev–Trinajstić information content (AvgIpc) is 3.48. The number of nitrogens with two attached hydrogens (primary N) is 1. The van der Waals surface area contributed by atoms with Crippen molar-refractivity contribution in [2.75, 3.05) is 26.6 Å². The summed E-state index contributed by atoms with van der Waals surface area (Å²) in [6, 6.07) is 12.6. The van der Waals surface area contributed by atoms with Gasteiger partial charge in [-0.2, -0.15) is 10.4 Å². The number of aromatic nitrogens is 3. The molecule has 0 aliphatic heterocycles. The summed E-state index contributed by atoms with van der Waals surface area (Å²) in [4.78, 5) is 42.7. The number of nitrogens with one attached hydrogen (secondary N) is 1. The van der Waals surface area contributed by atoms with Crippen molar-refractivity contribution >= 4 is 47.7 Å². The molecule has 0 radical (unpaired) electrons. The molecular weight excluding hydrogens is 651 g/mol. The second-order valence-electron chi connectivity index (χ2n) is 11.0. The van der Waals surface area contributed by atoms with Gasteiger partial charge in [-0.25, -0.2) is 14.6 Å². The fourth-order valence-electron chi connectivity index (χ4n) is 4.15. The Labute approximate surface area is 277 Å². The predicted octanol–water partition coefficient (Wildman–Crippen LogP) is 3.50. The topological polar surface area (TPSA) is 199 Å². The summed E-state index contributed by atoms with van der Waals surface area (Å²) >= 11 is 5.79. The monoisotopic (exact) mass is 690 g/mol.